The van der Waals surface area contributed by atoms with Crippen molar-refractivity contribution in [3.8, 4) is 0 Å². The molecular weight excluding hydrogens is 176 g/mol. The Balaban J connectivity index is 2.40. The molecule has 0 spiro atoms. The van der Waals surface area contributed by atoms with E-state index in [1.165, 1.54) is 0 Å². The van der Waals surface area contributed by atoms with E-state index in [1.807, 2.05) is 42.5 Å². The van der Waals surface area contributed by atoms with Crippen LogP contribution in [0.3, 0.4) is 0 Å². The minimum Gasteiger partial charge on any atom is -0.481 e. The van der Waals surface area contributed by atoms with Crippen LogP contribution in [0.15, 0.2) is 59.8 Å². The van der Waals surface area contributed by atoms with Crippen molar-refractivity contribution in [2.75, 3.05) is 0 Å². The van der Waals surface area contributed by atoms with E-state index in [9.17, 15) is 4.79 Å². The van der Waals surface area contributed by atoms with Gasteiger partial charge in [-0.25, -0.2) is 0 Å². The smallest absolute Gasteiger partial charge is 0.314 e. The Hall–Kier alpha value is -1.83. The molecule has 2 aliphatic carbocycles. The molecule has 0 heterocycles. The minimum absolute atomic E-state index is 0.489. The van der Waals surface area contributed by atoms with Gasteiger partial charge >= 0.3 is 5.97 Å². The van der Waals surface area contributed by atoms with Gasteiger partial charge in [-0.05, 0) is 11.1 Å². The van der Waals surface area contributed by atoms with Gasteiger partial charge in [0.1, 0.15) is 5.92 Å². The topological polar surface area (TPSA) is 37.3 Å². The highest BCUT2D eigenvalue weighted by molar-refractivity contribution is 5.80. The number of carbonyl (C=O) groups is 1. The van der Waals surface area contributed by atoms with Crippen LogP contribution in [-0.2, 0) is 4.79 Å². The van der Waals surface area contributed by atoms with Gasteiger partial charge < -0.3 is 5.11 Å². The summed E-state index contributed by atoms with van der Waals surface area (Å²) >= 11 is 0. The lowest BCUT2D eigenvalue weighted by Crippen LogP contribution is -2.10. The Kier molecular flexibility index (Phi) is 2.19. The molecule has 0 saturated heterocycles. The first kappa shape index (κ1) is 8.75. The third-order valence-electron chi connectivity index (χ3n) is 2.29. The average Bonchev–Trinajstić information content (AvgIpc) is 2.47. The molecule has 2 nitrogen and oxygen atoms in total. The van der Waals surface area contributed by atoms with Crippen molar-refractivity contribution >= 4 is 5.97 Å². The van der Waals surface area contributed by atoms with E-state index >= 15 is 0 Å². The zero-order chi connectivity index (χ0) is 9.97. The molecule has 70 valence electrons. The van der Waals surface area contributed by atoms with Crippen molar-refractivity contribution in [1.29, 1.82) is 0 Å². The van der Waals surface area contributed by atoms with Crippen LogP contribution in [0, 0.1) is 5.92 Å². The summed E-state index contributed by atoms with van der Waals surface area (Å²) in [6.07, 6.45) is 14.9. The second-order valence-electron chi connectivity index (χ2n) is 3.19. The van der Waals surface area contributed by atoms with Crippen LogP contribution in [0.2, 0.25) is 0 Å². The number of rotatable bonds is 1. The van der Waals surface area contributed by atoms with Crippen LogP contribution < -0.4 is 0 Å². The summed E-state index contributed by atoms with van der Waals surface area (Å²) in [5.41, 5.74) is 1.84. The van der Waals surface area contributed by atoms with E-state index in [0.29, 0.717) is 0 Å². The van der Waals surface area contributed by atoms with E-state index in [4.69, 9.17) is 5.11 Å². The molecule has 2 rings (SSSR count). The second kappa shape index (κ2) is 3.50. The van der Waals surface area contributed by atoms with Gasteiger partial charge in [0.25, 0.3) is 0 Å². The monoisotopic (exact) mass is 186 g/mol. The van der Waals surface area contributed by atoms with Crippen molar-refractivity contribution in [2.45, 2.75) is 0 Å². The predicted molar refractivity (Wildman–Crippen MR) is 54.7 cm³/mol. The molecule has 0 amide bonds. The van der Waals surface area contributed by atoms with Crippen molar-refractivity contribution in [3.05, 3.63) is 59.8 Å². The molecule has 14 heavy (non-hydrogen) atoms. The number of allylic oxidation sites excluding steroid dienone is 8. The maximum absolute atomic E-state index is 10.9. The van der Waals surface area contributed by atoms with E-state index < -0.39 is 11.9 Å². The summed E-state index contributed by atoms with van der Waals surface area (Å²) in [7, 11) is 0. The third-order valence-corrected chi connectivity index (χ3v) is 2.29. The van der Waals surface area contributed by atoms with Crippen LogP contribution in [0.1, 0.15) is 0 Å². The van der Waals surface area contributed by atoms with Crippen molar-refractivity contribution in [3.63, 3.8) is 0 Å². The van der Waals surface area contributed by atoms with Gasteiger partial charge in [-0.3, -0.25) is 4.79 Å². The molecule has 2 aliphatic rings. The molecule has 2 heteroatoms. The van der Waals surface area contributed by atoms with Crippen LogP contribution >= 0.6 is 0 Å². The summed E-state index contributed by atoms with van der Waals surface area (Å²) in [6, 6.07) is 0. The molecule has 0 aliphatic heterocycles. The van der Waals surface area contributed by atoms with Crippen molar-refractivity contribution < 1.29 is 9.90 Å². The highest BCUT2D eigenvalue weighted by atomic mass is 16.4. The number of hydrogen-bond acceptors (Lipinski definition) is 1. The summed E-state index contributed by atoms with van der Waals surface area (Å²) in [4.78, 5) is 10.9. The standard InChI is InChI=1S/C12H10O2/c13-12(14)11-8-7-9-5-3-1-2-4-6-10(9)11/h1-8,11H,(H,13,14). The minimum atomic E-state index is -0.797. The fourth-order valence-corrected chi connectivity index (χ4v) is 1.59. The van der Waals surface area contributed by atoms with Gasteiger partial charge in [-0.2, -0.15) is 0 Å². The van der Waals surface area contributed by atoms with Gasteiger partial charge in [0.2, 0.25) is 0 Å². The Morgan fingerprint density at radius 1 is 1.07 bits per heavy atom. The van der Waals surface area contributed by atoms with E-state index in [2.05, 4.69) is 0 Å². The molecule has 1 N–H and O–H groups in total. The summed E-state index contributed by atoms with van der Waals surface area (Å²) in [6.45, 7) is 0. The number of carboxylic acid groups (broad SMARTS) is 1. The Labute approximate surface area is 82.2 Å². The number of hydrogen-bond donors (Lipinski definition) is 1. The Morgan fingerprint density at radius 3 is 2.50 bits per heavy atom. The average molecular weight is 186 g/mol. The lowest BCUT2D eigenvalue weighted by Gasteiger charge is -2.06. The molecule has 1 atom stereocenters. The van der Waals surface area contributed by atoms with Gasteiger partial charge in [0, 0.05) is 0 Å². The summed E-state index contributed by atoms with van der Waals surface area (Å²) < 4.78 is 0. The maximum Gasteiger partial charge on any atom is 0.314 e. The largest absolute Gasteiger partial charge is 0.481 e. The van der Waals surface area contributed by atoms with E-state index in [0.717, 1.165) is 11.1 Å². The Morgan fingerprint density at radius 2 is 1.79 bits per heavy atom. The highest BCUT2D eigenvalue weighted by Gasteiger charge is 2.23. The normalized spacial score (nSPS) is 23.6. The third kappa shape index (κ3) is 1.46. The van der Waals surface area contributed by atoms with Crippen LogP contribution in [0.25, 0.3) is 0 Å². The number of carboxylic acids is 1. The van der Waals surface area contributed by atoms with Gasteiger partial charge in [0.15, 0.2) is 0 Å². The molecule has 0 bridgehead atoms. The van der Waals surface area contributed by atoms with E-state index in [1.54, 1.807) is 6.08 Å². The first-order chi connectivity index (χ1) is 6.79. The quantitative estimate of drug-likeness (QED) is 0.681. The first-order valence-electron chi connectivity index (χ1n) is 4.45. The molecule has 0 fully saturated rings. The SMILES string of the molecule is O=C(O)C1C=CC2=C1C=CC=CC=C2. The maximum atomic E-state index is 10.9. The second-order valence-corrected chi connectivity index (χ2v) is 3.19. The van der Waals surface area contributed by atoms with Crippen LogP contribution in [0.5, 0.6) is 0 Å². The fraction of sp³-hybridized carbons (Fsp3) is 0.0833. The molecule has 1 unspecified atom stereocenters. The van der Waals surface area contributed by atoms with Gasteiger partial charge in [-0.15, -0.1) is 0 Å². The van der Waals surface area contributed by atoms with Crippen molar-refractivity contribution in [2.24, 2.45) is 5.92 Å². The summed E-state index contributed by atoms with van der Waals surface area (Å²) in [5, 5.41) is 8.95. The molecule has 0 aromatic heterocycles. The zero-order valence-corrected chi connectivity index (χ0v) is 7.55. The van der Waals surface area contributed by atoms with Crippen molar-refractivity contribution in [1.82, 2.24) is 0 Å². The molecule has 0 radical (unpaired) electrons. The molecule has 0 saturated carbocycles. The first-order valence-corrected chi connectivity index (χ1v) is 4.45. The Bertz CT molecular complexity index is 406. The van der Waals surface area contributed by atoms with Gasteiger partial charge in [0.05, 0.1) is 0 Å². The lowest BCUT2D eigenvalue weighted by molar-refractivity contribution is -0.138. The van der Waals surface area contributed by atoms with Gasteiger partial charge in [-0.1, -0.05) is 48.6 Å². The fourth-order valence-electron chi connectivity index (χ4n) is 1.59. The molecule has 0 aromatic rings. The highest BCUT2D eigenvalue weighted by Crippen LogP contribution is 2.28. The van der Waals surface area contributed by atoms with Crippen LogP contribution in [0.4, 0.5) is 0 Å². The lowest BCUT2D eigenvalue weighted by atomic mass is 9.99. The van der Waals surface area contributed by atoms with E-state index in [-0.39, 0.29) is 0 Å². The molecular formula is C12H10O2. The zero-order valence-electron chi connectivity index (χ0n) is 7.55. The predicted octanol–water partition coefficient (Wildman–Crippen LogP) is 2.24. The summed E-state index contributed by atoms with van der Waals surface area (Å²) in [5.74, 6) is -1.29. The molecule has 0 aromatic carbocycles. The number of aliphatic carboxylic acids is 1. The van der Waals surface area contributed by atoms with Crippen LogP contribution in [-0.4, -0.2) is 11.1 Å².